The summed E-state index contributed by atoms with van der Waals surface area (Å²) in [5, 5.41) is 0. The Bertz CT molecular complexity index is 1220. The van der Waals surface area contributed by atoms with Crippen LogP contribution in [0.3, 0.4) is 0 Å². The molecule has 5 heteroatoms. The van der Waals surface area contributed by atoms with E-state index in [1.165, 1.54) is 5.56 Å². The molecule has 0 bridgehead atoms. The van der Waals surface area contributed by atoms with Crippen molar-refractivity contribution in [3.8, 4) is 0 Å². The Kier molecular flexibility index (Phi) is 5.79. The van der Waals surface area contributed by atoms with Gasteiger partial charge in [0, 0.05) is 11.5 Å². The molecule has 2 aliphatic heterocycles. The summed E-state index contributed by atoms with van der Waals surface area (Å²) >= 11 is 0. The molecular weight excluding hydrogens is 419 g/mol. The summed E-state index contributed by atoms with van der Waals surface area (Å²) in [5.74, 6) is 0.893. The van der Waals surface area contributed by atoms with E-state index in [9.17, 15) is 0 Å². The van der Waals surface area contributed by atoms with E-state index in [0.717, 1.165) is 28.1 Å². The maximum absolute atomic E-state index is 6.29. The number of benzene rings is 3. The van der Waals surface area contributed by atoms with Crippen LogP contribution >= 0.6 is 0 Å². The topological polar surface area (TPSA) is 43.2 Å². The van der Waals surface area contributed by atoms with Gasteiger partial charge in [-0.15, -0.1) is 0 Å². The predicted molar refractivity (Wildman–Crippen MR) is 140 cm³/mol. The highest BCUT2D eigenvalue weighted by Crippen LogP contribution is 2.37. The van der Waals surface area contributed by atoms with Crippen LogP contribution in [-0.4, -0.2) is 29.9 Å². The van der Waals surface area contributed by atoms with E-state index >= 15 is 0 Å². The van der Waals surface area contributed by atoms with Gasteiger partial charge in [0.05, 0.1) is 23.0 Å². The molecule has 0 saturated carbocycles. The number of rotatable bonds is 4. The first kappa shape index (κ1) is 22.8. The first-order valence-electron chi connectivity index (χ1n) is 12.0. The van der Waals surface area contributed by atoms with Crippen molar-refractivity contribution in [1.29, 1.82) is 0 Å². The molecule has 34 heavy (non-hydrogen) atoms. The molecular formula is C29H31BN2O2. The van der Waals surface area contributed by atoms with Crippen molar-refractivity contribution in [3.05, 3.63) is 102 Å². The van der Waals surface area contributed by atoms with Gasteiger partial charge in [0.25, 0.3) is 0 Å². The molecule has 0 aliphatic carbocycles. The lowest BCUT2D eigenvalue weighted by molar-refractivity contribution is 0.00578. The quantitative estimate of drug-likeness (QED) is 0.485. The largest absolute Gasteiger partial charge is 0.494 e. The van der Waals surface area contributed by atoms with E-state index in [2.05, 4.69) is 95.3 Å². The van der Waals surface area contributed by atoms with Crippen molar-refractivity contribution in [2.24, 2.45) is 15.9 Å². The second-order valence-electron chi connectivity index (χ2n) is 10.2. The van der Waals surface area contributed by atoms with Crippen LogP contribution in [0.2, 0.25) is 0 Å². The molecule has 172 valence electrons. The fourth-order valence-corrected chi connectivity index (χ4v) is 4.53. The minimum Gasteiger partial charge on any atom is -0.399 e. The highest BCUT2D eigenvalue weighted by molar-refractivity contribution is 6.62. The molecule has 2 heterocycles. The maximum Gasteiger partial charge on any atom is 0.494 e. The van der Waals surface area contributed by atoms with Gasteiger partial charge in [0.2, 0.25) is 0 Å². The lowest BCUT2D eigenvalue weighted by Crippen LogP contribution is -2.41. The molecule has 2 unspecified atom stereocenters. The molecule has 3 aromatic rings. The highest BCUT2D eigenvalue weighted by Gasteiger charge is 2.51. The fraction of sp³-hybridized carbons (Fsp3) is 0.310. The maximum atomic E-state index is 6.29. The molecule has 3 aromatic carbocycles. The van der Waals surface area contributed by atoms with Crippen LogP contribution in [0.25, 0.3) is 0 Å². The Balaban J connectivity index is 1.56. The third kappa shape index (κ3) is 4.15. The summed E-state index contributed by atoms with van der Waals surface area (Å²) in [4.78, 5) is 10.2. The number of hydrogen-bond donors (Lipinski definition) is 0. The van der Waals surface area contributed by atoms with Gasteiger partial charge in [-0.05, 0) is 44.3 Å². The van der Waals surface area contributed by atoms with Crippen LogP contribution in [-0.2, 0) is 9.31 Å². The Morgan fingerprint density at radius 2 is 1.32 bits per heavy atom. The van der Waals surface area contributed by atoms with Crippen molar-refractivity contribution in [2.75, 3.05) is 0 Å². The summed E-state index contributed by atoms with van der Waals surface area (Å²) in [5.41, 5.74) is 4.55. The number of aliphatic imine (C=N–C) groups is 2. The second-order valence-corrected chi connectivity index (χ2v) is 10.2. The lowest BCUT2D eigenvalue weighted by Gasteiger charge is -2.32. The van der Waals surface area contributed by atoms with Crippen LogP contribution in [0.5, 0.6) is 0 Å². The molecule has 0 aromatic heterocycles. The zero-order chi connectivity index (χ0) is 23.9. The zero-order valence-corrected chi connectivity index (χ0v) is 20.5. The van der Waals surface area contributed by atoms with Crippen molar-refractivity contribution >= 4 is 24.1 Å². The van der Waals surface area contributed by atoms with Crippen molar-refractivity contribution in [2.45, 2.75) is 51.9 Å². The van der Waals surface area contributed by atoms with Crippen LogP contribution in [0, 0.1) is 5.92 Å². The normalized spacial score (nSPS) is 23.4. The minimum atomic E-state index is -0.421. The lowest BCUT2D eigenvalue weighted by atomic mass is 9.78. The summed E-state index contributed by atoms with van der Waals surface area (Å²) in [6.07, 6.45) is 0. The molecule has 0 spiro atoms. The number of hydrogen-bond acceptors (Lipinski definition) is 4. The molecule has 0 radical (unpaired) electrons. The van der Waals surface area contributed by atoms with E-state index < -0.39 is 7.12 Å². The monoisotopic (exact) mass is 450 g/mol. The molecule has 2 atom stereocenters. The SMILES string of the molecule is CC1C(c2ccccc2)=NC(c2cccc(B3OC(C)(C)C(C)(C)O3)c2)=NC1c1ccccc1. The van der Waals surface area contributed by atoms with Crippen molar-refractivity contribution in [3.63, 3.8) is 0 Å². The van der Waals surface area contributed by atoms with Crippen molar-refractivity contribution in [1.82, 2.24) is 0 Å². The van der Waals surface area contributed by atoms with E-state index in [1.807, 2.05) is 24.3 Å². The zero-order valence-electron chi connectivity index (χ0n) is 20.5. The average Bonchev–Trinajstić information content (AvgIpc) is 3.07. The molecule has 0 N–H and O–H groups in total. The Morgan fingerprint density at radius 3 is 1.97 bits per heavy atom. The Morgan fingerprint density at radius 1 is 0.735 bits per heavy atom. The number of amidine groups is 1. The van der Waals surface area contributed by atoms with Crippen LogP contribution in [0.4, 0.5) is 0 Å². The van der Waals surface area contributed by atoms with Crippen LogP contribution in [0.15, 0.2) is 94.9 Å². The van der Waals surface area contributed by atoms with E-state index in [-0.39, 0.29) is 23.2 Å². The van der Waals surface area contributed by atoms with E-state index in [4.69, 9.17) is 19.3 Å². The standard InChI is InChI=1S/C29H31BN2O2/c1-20-25(21-13-8-6-9-14-21)31-27(32-26(20)22-15-10-7-11-16-22)23-17-12-18-24(19-23)30-33-28(2,3)29(4,5)34-30/h6-20,25H,1-5H3. The van der Waals surface area contributed by atoms with Gasteiger partial charge in [0.15, 0.2) is 5.84 Å². The van der Waals surface area contributed by atoms with E-state index in [1.54, 1.807) is 0 Å². The molecule has 5 rings (SSSR count). The Labute approximate surface area is 202 Å². The van der Waals surface area contributed by atoms with E-state index in [0.29, 0.717) is 0 Å². The molecule has 1 saturated heterocycles. The van der Waals surface area contributed by atoms with Crippen LogP contribution in [0.1, 0.15) is 57.4 Å². The van der Waals surface area contributed by atoms with Gasteiger partial charge in [-0.3, -0.25) is 4.99 Å². The summed E-state index contributed by atoms with van der Waals surface area (Å²) in [6, 6.07) is 29.1. The summed E-state index contributed by atoms with van der Waals surface area (Å²) in [7, 11) is -0.421. The van der Waals surface area contributed by atoms with Crippen molar-refractivity contribution < 1.29 is 9.31 Å². The van der Waals surface area contributed by atoms with Gasteiger partial charge in [-0.1, -0.05) is 91.9 Å². The van der Waals surface area contributed by atoms with Gasteiger partial charge in [-0.25, -0.2) is 4.99 Å². The summed E-state index contributed by atoms with van der Waals surface area (Å²) in [6.45, 7) is 10.5. The highest BCUT2D eigenvalue weighted by atomic mass is 16.7. The third-order valence-corrected chi connectivity index (χ3v) is 7.27. The smallest absolute Gasteiger partial charge is 0.399 e. The average molecular weight is 450 g/mol. The van der Waals surface area contributed by atoms with Gasteiger partial charge >= 0.3 is 7.12 Å². The third-order valence-electron chi connectivity index (χ3n) is 7.27. The van der Waals surface area contributed by atoms with Gasteiger partial charge in [-0.2, -0.15) is 0 Å². The molecule has 1 fully saturated rings. The minimum absolute atomic E-state index is 0.00981. The molecule has 0 amide bonds. The fourth-order valence-electron chi connectivity index (χ4n) is 4.53. The first-order chi connectivity index (χ1) is 16.2. The van der Waals surface area contributed by atoms with Crippen LogP contribution < -0.4 is 5.46 Å². The predicted octanol–water partition coefficient (Wildman–Crippen LogP) is 5.61. The first-order valence-corrected chi connectivity index (χ1v) is 12.0. The Hall–Kier alpha value is -3.02. The van der Waals surface area contributed by atoms with Gasteiger partial charge < -0.3 is 9.31 Å². The second kappa shape index (κ2) is 8.64. The molecule has 2 aliphatic rings. The molecule has 4 nitrogen and oxygen atoms in total. The summed E-state index contributed by atoms with van der Waals surface area (Å²) < 4.78 is 12.6. The number of nitrogens with zero attached hydrogens (tertiary/aromatic N) is 2. The van der Waals surface area contributed by atoms with Gasteiger partial charge in [0.1, 0.15) is 0 Å².